The molecule has 2 atom stereocenters. The van der Waals surface area contributed by atoms with Gasteiger partial charge in [0.05, 0.1) is 6.61 Å². The second-order valence-corrected chi connectivity index (χ2v) is 7.78. The second-order valence-electron chi connectivity index (χ2n) is 7.34. The summed E-state index contributed by atoms with van der Waals surface area (Å²) in [7, 11) is 1.57. The molecule has 2 heterocycles. The summed E-state index contributed by atoms with van der Waals surface area (Å²) in [6.45, 7) is 2.10. The van der Waals surface area contributed by atoms with Crippen molar-refractivity contribution in [2.45, 2.75) is 31.7 Å². The molecular weight excluding hydrogens is 391 g/mol. The zero-order valence-electron chi connectivity index (χ0n) is 16.3. The number of hydrogen-bond donors (Lipinski definition) is 1. The molecule has 3 aromatic rings. The second kappa shape index (κ2) is 8.11. The SMILES string of the molecule is COC1(C)C=C(Cc2c[nH]c3ncccc23)C=C(F)C1OCc1ccc(Cl)cc1. The van der Waals surface area contributed by atoms with Gasteiger partial charge in [0.15, 0.2) is 0 Å². The number of methoxy groups -OCH3 is 1. The predicted octanol–water partition coefficient (Wildman–Crippen LogP) is 5.54. The number of halogens is 2. The molecule has 0 spiro atoms. The lowest BCUT2D eigenvalue weighted by atomic mass is 9.87. The van der Waals surface area contributed by atoms with Crippen LogP contribution in [0.2, 0.25) is 5.02 Å². The normalized spacial score (nSPS) is 21.9. The Hall–Kier alpha value is -2.47. The number of rotatable bonds is 6. The van der Waals surface area contributed by atoms with Gasteiger partial charge in [-0.15, -0.1) is 0 Å². The number of H-pyrrole nitrogens is 1. The first-order chi connectivity index (χ1) is 14.0. The molecule has 0 saturated heterocycles. The van der Waals surface area contributed by atoms with Crippen LogP contribution in [0.3, 0.4) is 0 Å². The van der Waals surface area contributed by atoms with E-state index >= 15 is 4.39 Å². The number of aromatic nitrogens is 2. The third kappa shape index (κ3) is 4.13. The first-order valence-corrected chi connectivity index (χ1v) is 9.77. The van der Waals surface area contributed by atoms with Crippen molar-refractivity contribution >= 4 is 22.6 Å². The van der Waals surface area contributed by atoms with E-state index in [0.717, 1.165) is 27.7 Å². The van der Waals surface area contributed by atoms with Crippen molar-refractivity contribution in [1.82, 2.24) is 9.97 Å². The van der Waals surface area contributed by atoms with Gasteiger partial charge < -0.3 is 14.5 Å². The van der Waals surface area contributed by atoms with E-state index in [9.17, 15) is 0 Å². The van der Waals surface area contributed by atoms with E-state index in [0.29, 0.717) is 11.4 Å². The molecule has 2 unspecified atom stereocenters. The van der Waals surface area contributed by atoms with E-state index in [1.54, 1.807) is 31.5 Å². The van der Waals surface area contributed by atoms with E-state index in [2.05, 4.69) is 9.97 Å². The minimum atomic E-state index is -0.912. The molecule has 0 fully saturated rings. The van der Waals surface area contributed by atoms with Crippen molar-refractivity contribution in [3.05, 3.63) is 88.5 Å². The molecule has 0 saturated carbocycles. The summed E-state index contributed by atoms with van der Waals surface area (Å²) in [6.07, 6.45) is 6.89. The first kappa shape index (κ1) is 19.8. The Morgan fingerprint density at radius 3 is 2.79 bits per heavy atom. The van der Waals surface area contributed by atoms with Crippen molar-refractivity contribution in [3.63, 3.8) is 0 Å². The van der Waals surface area contributed by atoms with Gasteiger partial charge in [0, 0.05) is 29.9 Å². The van der Waals surface area contributed by atoms with Crippen LogP contribution >= 0.6 is 11.6 Å². The monoisotopic (exact) mass is 412 g/mol. The average molecular weight is 413 g/mol. The van der Waals surface area contributed by atoms with Crippen molar-refractivity contribution in [2.24, 2.45) is 0 Å². The average Bonchev–Trinajstić information content (AvgIpc) is 3.12. The molecule has 1 aromatic carbocycles. The van der Waals surface area contributed by atoms with Crippen LogP contribution in [0.1, 0.15) is 18.1 Å². The van der Waals surface area contributed by atoms with Gasteiger partial charge in [0.2, 0.25) is 0 Å². The van der Waals surface area contributed by atoms with Crippen molar-refractivity contribution in [1.29, 1.82) is 0 Å². The molecule has 0 radical (unpaired) electrons. The lowest BCUT2D eigenvalue weighted by molar-refractivity contribution is -0.0909. The van der Waals surface area contributed by atoms with Crippen LogP contribution in [0.4, 0.5) is 4.39 Å². The summed E-state index contributed by atoms with van der Waals surface area (Å²) in [6, 6.07) is 11.2. The van der Waals surface area contributed by atoms with Crippen LogP contribution in [0.25, 0.3) is 11.0 Å². The number of allylic oxidation sites excluding steroid dienone is 2. The lowest BCUT2D eigenvalue weighted by Gasteiger charge is -2.36. The molecule has 1 aliphatic rings. The van der Waals surface area contributed by atoms with Crippen LogP contribution in [0.15, 0.2) is 72.3 Å². The smallest absolute Gasteiger partial charge is 0.141 e. The molecule has 2 aromatic heterocycles. The fourth-order valence-corrected chi connectivity index (χ4v) is 3.79. The highest BCUT2D eigenvalue weighted by Crippen LogP contribution is 2.35. The fourth-order valence-electron chi connectivity index (χ4n) is 3.66. The van der Waals surface area contributed by atoms with Gasteiger partial charge in [0.1, 0.15) is 23.2 Å². The minimum Gasteiger partial charge on any atom is -0.371 e. The largest absolute Gasteiger partial charge is 0.371 e. The standard InChI is InChI=1S/C23H22ClFN2O2/c1-23(28-2)12-16(10-17-13-27-22-19(17)4-3-9-26-22)11-20(25)21(23)29-14-15-5-7-18(24)8-6-15/h3-9,11-13,21H,10,14H2,1-2H3,(H,26,27). The quantitative estimate of drug-likeness (QED) is 0.578. The van der Waals surface area contributed by atoms with E-state index in [-0.39, 0.29) is 12.4 Å². The van der Waals surface area contributed by atoms with Crippen LogP contribution < -0.4 is 0 Å². The molecule has 0 bridgehead atoms. The number of fused-ring (bicyclic) bond motifs is 1. The summed E-state index contributed by atoms with van der Waals surface area (Å²) < 4.78 is 26.7. The summed E-state index contributed by atoms with van der Waals surface area (Å²) in [4.78, 5) is 7.46. The first-order valence-electron chi connectivity index (χ1n) is 9.39. The minimum absolute atomic E-state index is 0.263. The Morgan fingerprint density at radius 2 is 2.03 bits per heavy atom. The number of hydrogen-bond acceptors (Lipinski definition) is 3. The maximum absolute atomic E-state index is 15.1. The topological polar surface area (TPSA) is 47.1 Å². The van der Waals surface area contributed by atoms with Gasteiger partial charge in [-0.25, -0.2) is 9.37 Å². The number of nitrogens with zero attached hydrogens (tertiary/aromatic N) is 1. The van der Waals surface area contributed by atoms with Gasteiger partial charge in [-0.05, 0) is 66.5 Å². The molecule has 29 heavy (non-hydrogen) atoms. The van der Waals surface area contributed by atoms with Gasteiger partial charge in [-0.1, -0.05) is 23.7 Å². The highest BCUT2D eigenvalue weighted by atomic mass is 35.5. The maximum Gasteiger partial charge on any atom is 0.141 e. The van der Waals surface area contributed by atoms with Gasteiger partial charge in [-0.3, -0.25) is 0 Å². The Morgan fingerprint density at radius 1 is 1.24 bits per heavy atom. The summed E-state index contributed by atoms with van der Waals surface area (Å²) >= 11 is 5.92. The highest BCUT2D eigenvalue weighted by molar-refractivity contribution is 6.30. The maximum atomic E-state index is 15.1. The highest BCUT2D eigenvalue weighted by Gasteiger charge is 2.39. The van der Waals surface area contributed by atoms with Gasteiger partial charge >= 0.3 is 0 Å². The zero-order chi connectivity index (χ0) is 20.4. The van der Waals surface area contributed by atoms with Crippen molar-refractivity contribution in [3.8, 4) is 0 Å². The van der Waals surface area contributed by atoms with Crippen LogP contribution in [-0.2, 0) is 22.5 Å². The van der Waals surface area contributed by atoms with Gasteiger partial charge in [0.25, 0.3) is 0 Å². The zero-order valence-corrected chi connectivity index (χ0v) is 17.0. The number of pyridine rings is 1. The van der Waals surface area contributed by atoms with Crippen molar-refractivity contribution in [2.75, 3.05) is 7.11 Å². The molecule has 6 heteroatoms. The Kier molecular flexibility index (Phi) is 5.54. The molecule has 1 N–H and O–H groups in total. The molecule has 1 aliphatic carbocycles. The summed E-state index contributed by atoms with van der Waals surface area (Å²) in [5.74, 6) is -0.348. The lowest BCUT2D eigenvalue weighted by Crippen LogP contribution is -2.44. The van der Waals surface area contributed by atoms with Crippen LogP contribution in [0.5, 0.6) is 0 Å². The Bertz CT molecular complexity index is 1070. The van der Waals surface area contributed by atoms with E-state index in [1.807, 2.05) is 43.5 Å². The molecule has 4 nitrogen and oxygen atoms in total. The summed E-state index contributed by atoms with van der Waals surface area (Å²) in [5, 5.41) is 1.68. The molecule has 0 aliphatic heterocycles. The molecule has 0 amide bonds. The molecule has 150 valence electrons. The van der Waals surface area contributed by atoms with Crippen molar-refractivity contribution < 1.29 is 13.9 Å². The Balaban J connectivity index is 1.54. The number of benzene rings is 1. The summed E-state index contributed by atoms with van der Waals surface area (Å²) in [5.41, 5.74) is 2.72. The number of aromatic amines is 1. The van der Waals surface area contributed by atoms with Gasteiger partial charge in [-0.2, -0.15) is 0 Å². The van der Waals surface area contributed by atoms with E-state index in [4.69, 9.17) is 21.1 Å². The predicted molar refractivity (Wildman–Crippen MR) is 113 cm³/mol. The fraction of sp³-hybridized carbons (Fsp3) is 0.261. The van der Waals surface area contributed by atoms with Crippen LogP contribution in [0, 0.1) is 0 Å². The third-order valence-corrected chi connectivity index (χ3v) is 5.52. The van der Waals surface area contributed by atoms with Crippen LogP contribution in [-0.4, -0.2) is 28.8 Å². The van der Waals surface area contributed by atoms with E-state index in [1.165, 1.54) is 0 Å². The molecular formula is C23H22ClFN2O2. The third-order valence-electron chi connectivity index (χ3n) is 5.27. The number of nitrogens with one attached hydrogen (secondary N) is 1. The van der Waals surface area contributed by atoms with E-state index < -0.39 is 11.7 Å². The Labute approximate surface area is 174 Å². The molecule has 4 rings (SSSR count). The number of ether oxygens (including phenoxy) is 2.